The van der Waals surface area contributed by atoms with Crippen molar-refractivity contribution in [1.29, 1.82) is 5.26 Å². The lowest BCUT2D eigenvalue weighted by Gasteiger charge is -2.29. The fourth-order valence-electron chi connectivity index (χ4n) is 4.48. The fraction of sp³-hybridized carbons (Fsp3) is 0.440. The van der Waals surface area contributed by atoms with Crippen LogP contribution in [0.4, 0.5) is 5.69 Å². The van der Waals surface area contributed by atoms with E-state index in [0.717, 1.165) is 32.1 Å². The van der Waals surface area contributed by atoms with Crippen LogP contribution in [-0.2, 0) is 10.0 Å². The Morgan fingerprint density at radius 3 is 2.52 bits per heavy atom. The maximum Gasteiger partial charge on any atom is 0.335 e. The number of anilines is 1. The van der Waals surface area contributed by atoms with Crippen molar-refractivity contribution in [2.24, 2.45) is 5.41 Å². The molecule has 2 aliphatic carbocycles. The number of benzene rings is 2. The highest BCUT2D eigenvalue weighted by molar-refractivity contribution is 7.92. The summed E-state index contributed by atoms with van der Waals surface area (Å²) in [5, 5.41) is 18.9. The molecule has 2 aromatic carbocycles. The summed E-state index contributed by atoms with van der Waals surface area (Å²) in [6.07, 6.45) is 4.56. The molecule has 174 valence electrons. The molecule has 1 unspecified atom stereocenters. The molecule has 0 heterocycles. The predicted molar refractivity (Wildman–Crippen MR) is 124 cm³/mol. The van der Waals surface area contributed by atoms with Gasteiger partial charge in [0, 0.05) is 5.41 Å². The lowest BCUT2D eigenvalue weighted by molar-refractivity contribution is 0.0696. The first-order valence-corrected chi connectivity index (χ1v) is 12.6. The average Bonchev–Trinajstić information content (AvgIpc) is 3.54. The summed E-state index contributed by atoms with van der Waals surface area (Å²) in [6, 6.07) is 9.51. The molecule has 0 bridgehead atoms. The Morgan fingerprint density at radius 1 is 1.21 bits per heavy atom. The van der Waals surface area contributed by atoms with Crippen molar-refractivity contribution in [3.05, 3.63) is 52.6 Å². The second kappa shape index (κ2) is 8.38. The first-order valence-electron chi connectivity index (χ1n) is 11.1. The minimum Gasteiger partial charge on any atom is -0.488 e. The molecule has 0 radical (unpaired) electrons. The molecule has 2 N–H and O–H groups in total. The fourth-order valence-corrected chi connectivity index (χ4v) is 5.86. The largest absolute Gasteiger partial charge is 0.488 e. The predicted octanol–water partition coefficient (Wildman–Crippen LogP) is 5.20. The number of carbonyl (C=O) groups is 1. The molecule has 1 atom stereocenters. The Balaban J connectivity index is 1.76. The molecular weight excluding hydrogens is 440 g/mol. The number of hydrogen-bond donors (Lipinski definition) is 2. The number of nitrogens with zero attached hydrogens (tertiary/aromatic N) is 1. The highest BCUT2D eigenvalue weighted by atomic mass is 32.2. The molecule has 2 fully saturated rings. The third-order valence-corrected chi connectivity index (χ3v) is 8.11. The molecular formula is C25H28N2O5S. The van der Waals surface area contributed by atoms with Gasteiger partial charge in [0.1, 0.15) is 11.9 Å². The van der Waals surface area contributed by atoms with Gasteiger partial charge >= 0.3 is 5.97 Å². The normalized spacial score (nSPS) is 19.6. The van der Waals surface area contributed by atoms with Crippen LogP contribution >= 0.6 is 0 Å². The van der Waals surface area contributed by atoms with Gasteiger partial charge in [0.2, 0.25) is 0 Å². The molecule has 0 spiro atoms. The van der Waals surface area contributed by atoms with Gasteiger partial charge in [-0.2, -0.15) is 5.26 Å². The number of nitriles is 1. The highest BCUT2D eigenvalue weighted by Crippen LogP contribution is 2.45. The number of hydrogen-bond acceptors (Lipinski definition) is 5. The van der Waals surface area contributed by atoms with Crippen LogP contribution in [-0.4, -0.2) is 25.6 Å². The van der Waals surface area contributed by atoms with Crippen LogP contribution in [0.25, 0.3) is 0 Å². The molecule has 0 aliphatic heterocycles. The van der Waals surface area contributed by atoms with Crippen LogP contribution in [0.2, 0.25) is 0 Å². The summed E-state index contributed by atoms with van der Waals surface area (Å²) in [6.45, 7) is 6.04. The van der Waals surface area contributed by atoms with Crippen molar-refractivity contribution < 1.29 is 23.1 Å². The average molecular weight is 469 g/mol. The lowest BCUT2D eigenvalue weighted by Crippen LogP contribution is -2.29. The molecule has 8 heteroatoms. The van der Waals surface area contributed by atoms with Gasteiger partial charge in [0.25, 0.3) is 10.0 Å². The third kappa shape index (κ3) is 4.69. The van der Waals surface area contributed by atoms with E-state index in [4.69, 9.17) is 4.74 Å². The van der Waals surface area contributed by atoms with Crippen molar-refractivity contribution in [2.45, 2.75) is 69.8 Å². The summed E-state index contributed by atoms with van der Waals surface area (Å²) < 4.78 is 35.9. The van der Waals surface area contributed by atoms with Crippen molar-refractivity contribution in [3.8, 4) is 11.8 Å². The molecule has 33 heavy (non-hydrogen) atoms. The second-order valence-corrected chi connectivity index (χ2v) is 11.4. The molecule has 0 saturated heterocycles. The summed E-state index contributed by atoms with van der Waals surface area (Å²) in [4.78, 5) is 11.4. The van der Waals surface area contributed by atoms with Crippen LogP contribution in [0.3, 0.4) is 0 Å². The summed E-state index contributed by atoms with van der Waals surface area (Å²) >= 11 is 0. The number of ether oxygens (including phenoxy) is 1. The molecule has 4 rings (SSSR count). The molecule has 0 aromatic heterocycles. The number of carboxylic acids is 1. The molecule has 2 aromatic rings. The van der Waals surface area contributed by atoms with Crippen LogP contribution in [0.5, 0.6) is 5.75 Å². The molecule has 2 saturated carbocycles. The first-order chi connectivity index (χ1) is 15.5. The van der Waals surface area contributed by atoms with E-state index in [-0.39, 0.29) is 33.6 Å². The zero-order chi connectivity index (χ0) is 24.0. The van der Waals surface area contributed by atoms with Crippen LogP contribution in [0, 0.1) is 23.7 Å². The smallest absolute Gasteiger partial charge is 0.335 e. The topological polar surface area (TPSA) is 116 Å². The third-order valence-electron chi connectivity index (χ3n) is 6.69. The van der Waals surface area contributed by atoms with E-state index in [0.29, 0.717) is 22.4 Å². The second-order valence-electron chi connectivity index (χ2n) is 9.70. The zero-order valence-electron chi connectivity index (χ0n) is 19.0. The van der Waals surface area contributed by atoms with E-state index in [1.54, 1.807) is 19.1 Å². The monoisotopic (exact) mass is 468 g/mol. The quantitative estimate of drug-likeness (QED) is 0.577. The van der Waals surface area contributed by atoms with Crippen molar-refractivity contribution in [1.82, 2.24) is 0 Å². The van der Waals surface area contributed by atoms with E-state index in [2.05, 4.69) is 24.6 Å². The number of aromatic carboxylic acids is 1. The Bertz CT molecular complexity index is 1260. The SMILES string of the molecule is Cc1cc(OC2CCCC2(C)C)c(NS(=O)(=O)c2cc(C(=O)O)ccc2C2CC2)cc1C#N. The Kier molecular flexibility index (Phi) is 5.87. The summed E-state index contributed by atoms with van der Waals surface area (Å²) in [5.41, 5.74) is 1.69. The lowest BCUT2D eigenvalue weighted by atomic mass is 9.89. The number of aryl methyl sites for hydroxylation is 1. The zero-order valence-corrected chi connectivity index (χ0v) is 19.8. The van der Waals surface area contributed by atoms with Gasteiger partial charge in [0.05, 0.1) is 27.8 Å². The molecule has 7 nitrogen and oxygen atoms in total. The van der Waals surface area contributed by atoms with E-state index in [1.165, 1.54) is 18.2 Å². The highest BCUT2D eigenvalue weighted by Gasteiger charge is 2.37. The van der Waals surface area contributed by atoms with Gasteiger partial charge in [-0.15, -0.1) is 0 Å². The maximum atomic E-state index is 13.5. The van der Waals surface area contributed by atoms with Crippen molar-refractivity contribution in [2.75, 3.05) is 4.72 Å². The Morgan fingerprint density at radius 2 is 1.94 bits per heavy atom. The first kappa shape index (κ1) is 23.1. The van der Waals surface area contributed by atoms with Gasteiger partial charge in [0.15, 0.2) is 0 Å². The van der Waals surface area contributed by atoms with E-state index < -0.39 is 16.0 Å². The number of rotatable bonds is 7. The number of nitrogens with one attached hydrogen (secondary N) is 1. The summed E-state index contributed by atoms with van der Waals surface area (Å²) in [5.74, 6) is -0.720. The Hall–Kier alpha value is -3.05. The van der Waals surface area contributed by atoms with Crippen LogP contribution < -0.4 is 9.46 Å². The van der Waals surface area contributed by atoms with Crippen molar-refractivity contribution in [3.63, 3.8) is 0 Å². The van der Waals surface area contributed by atoms with Gasteiger partial charge in [-0.05, 0) is 80.3 Å². The van der Waals surface area contributed by atoms with Gasteiger partial charge < -0.3 is 9.84 Å². The number of sulfonamides is 1. The van der Waals surface area contributed by atoms with Gasteiger partial charge in [-0.25, -0.2) is 13.2 Å². The molecule has 0 amide bonds. The van der Waals surface area contributed by atoms with Crippen LogP contribution in [0.1, 0.15) is 78.9 Å². The minimum absolute atomic E-state index is 0.0453. The van der Waals surface area contributed by atoms with E-state index >= 15 is 0 Å². The van der Waals surface area contributed by atoms with E-state index in [9.17, 15) is 23.6 Å². The minimum atomic E-state index is -4.13. The number of carboxylic acid groups (broad SMARTS) is 1. The summed E-state index contributed by atoms with van der Waals surface area (Å²) in [7, 11) is -4.13. The molecule has 2 aliphatic rings. The maximum absolute atomic E-state index is 13.5. The van der Waals surface area contributed by atoms with Gasteiger partial charge in [-0.3, -0.25) is 4.72 Å². The van der Waals surface area contributed by atoms with Gasteiger partial charge in [-0.1, -0.05) is 19.9 Å². The standard InChI is InChI=1S/C25H28N2O5S/c1-15-11-21(32-23-5-4-10-25(23,2)3)20(12-18(15)14-26)27-33(30,31)22-13-17(24(28)29)8-9-19(22)16-6-7-16/h8-9,11-13,16,23,27H,4-7,10H2,1-3H3,(H,28,29). The van der Waals surface area contributed by atoms with Crippen LogP contribution in [0.15, 0.2) is 35.2 Å². The van der Waals surface area contributed by atoms with E-state index in [1.807, 2.05) is 0 Å². The Labute approximate surface area is 194 Å². The van der Waals surface area contributed by atoms with Crippen molar-refractivity contribution >= 4 is 21.7 Å².